The molecule has 1 fully saturated rings. The SMILES string of the molecule is NC(CC1CCCC1)c1ccc(Cl)cc1Br. The number of rotatable bonds is 3. The lowest BCUT2D eigenvalue weighted by Gasteiger charge is -2.18. The largest absolute Gasteiger partial charge is 0.324 e. The molecule has 1 aliphatic rings. The second-order valence-electron chi connectivity index (χ2n) is 4.66. The third-order valence-corrected chi connectivity index (χ3v) is 4.35. The van der Waals surface area contributed by atoms with Crippen molar-refractivity contribution in [2.45, 2.75) is 38.1 Å². The average molecular weight is 303 g/mol. The smallest absolute Gasteiger partial charge is 0.0417 e. The predicted molar refractivity (Wildman–Crippen MR) is 72.7 cm³/mol. The summed E-state index contributed by atoms with van der Waals surface area (Å²) in [5, 5.41) is 0.753. The quantitative estimate of drug-likeness (QED) is 0.862. The van der Waals surface area contributed by atoms with Gasteiger partial charge in [-0.2, -0.15) is 0 Å². The van der Waals surface area contributed by atoms with E-state index in [1.54, 1.807) is 0 Å². The van der Waals surface area contributed by atoms with Gasteiger partial charge in [0.1, 0.15) is 0 Å². The molecule has 2 rings (SSSR count). The number of benzene rings is 1. The number of hydrogen-bond acceptors (Lipinski definition) is 1. The van der Waals surface area contributed by atoms with Crippen LogP contribution < -0.4 is 5.73 Å². The van der Waals surface area contributed by atoms with Gasteiger partial charge < -0.3 is 5.73 Å². The van der Waals surface area contributed by atoms with E-state index in [0.29, 0.717) is 0 Å². The van der Waals surface area contributed by atoms with Gasteiger partial charge >= 0.3 is 0 Å². The number of hydrogen-bond donors (Lipinski definition) is 1. The molecule has 1 nitrogen and oxygen atoms in total. The maximum absolute atomic E-state index is 6.25. The van der Waals surface area contributed by atoms with Crippen LogP contribution >= 0.6 is 27.5 Å². The standard InChI is InChI=1S/C13H17BrClN/c14-12-8-10(15)5-6-11(12)13(16)7-9-3-1-2-4-9/h5-6,8-9,13H,1-4,7,16H2. The molecule has 1 atom stereocenters. The van der Waals surface area contributed by atoms with Gasteiger partial charge in [0.25, 0.3) is 0 Å². The van der Waals surface area contributed by atoms with E-state index in [-0.39, 0.29) is 6.04 Å². The first-order valence-electron chi connectivity index (χ1n) is 5.87. The van der Waals surface area contributed by atoms with Crippen molar-refractivity contribution in [1.29, 1.82) is 0 Å². The van der Waals surface area contributed by atoms with Gasteiger partial charge in [0.2, 0.25) is 0 Å². The highest BCUT2D eigenvalue weighted by molar-refractivity contribution is 9.10. The van der Waals surface area contributed by atoms with Crippen LogP contribution in [0.1, 0.15) is 43.7 Å². The summed E-state index contributed by atoms with van der Waals surface area (Å²) in [6.07, 6.45) is 6.54. The predicted octanol–water partition coefficient (Wildman–Crippen LogP) is 4.68. The molecule has 0 spiro atoms. The molecule has 1 aromatic carbocycles. The summed E-state index contributed by atoms with van der Waals surface area (Å²) < 4.78 is 1.03. The Morgan fingerprint density at radius 2 is 2.06 bits per heavy atom. The zero-order chi connectivity index (χ0) is 11.5. The van der Waals surface area contributed by atoms with Crippen LogP contribution in [-0.2, 0) is 0 Å². The molecule has 0 saturated heterocycles. The van der Waals surface area contributed by atoms with Crippen molar-refractivity contribution in [1.82, 2.24) is 0 Å². The molecule has 0 aliphatic heterocycles. The molecule has 0 amide bonds. The van der Waals surface area contributed by atoms with Gasteiger partial charge in [0, 0.05) is 15.5 Å². The van der Waals surface area contributed by atoms with Gasteiger partial charge in [-0.15, -0.1) is 0 Å². The second kappa shape index (κ2) is 5.52. The highest BCUT2D eigenvalue weighted by atomic mass is 79.9. The molecule has 1 aromatic rings. The highest BCUT2D eigenvalue weighted by Gasteiger charge is 2.20. The van der Waals surface area contributed by atoms with Crippen molar-refractivity contribution in [3.63, 3.8) is 0 Å². The Morgan fingerprint density at radius 3 is 2.69 bits per heavy atom. The van der Waals surface area contributed by atoms with Crippen molar-refractivity contribution < 1.29 is 0 Å². The van der Waals surface area contributed by atoms with E-state index in [9.17, 15) is 0 Å². The molecule has 0 bridgehead atoms. The lowest BCUT2D eigenvalue weighted by molar-refractivity contribution is 0.450. The Morgan fingerprint density at radius 1 is 1.38 bits per heavy atom. The Kier molecular flexibility index (Phi) is 4.28. The summed E-state index contributed by atoms with van der Waals surface area (Å²) in [5.41, 5.74) is 7.43. The minimum absolute atomic E-state index is 0.134. The van der Waals surface area contributed by atoms with Gasteiger partial charge in [0.05, 0.1) is 0 Å². The minimum Gasteiger partial charge on any atom is -0.324 e. The fraction of sp³-hybridized carbons (Fsp3) is 0.538. The number of halogens is 2. The van der Waals surface area contributed by atoms with E-state index in [1.807, 2.05) is 18.2 Å². The molecule has 3 heteroatoms. The Hall–Kier alpha value is -0.0500. The third-order valence-electron chi connectivity index (χ3n) is 3.42. The summed E-state index contributed by atoms with van der Waals surface area (Å²) in [4.78, 5) is 0. The van der Waals surface area contributed by atoms with Gasteiger partial charge in [-0.1, -0.05) is 59.3 Å². The fourth-order valence-corrected chi connectivity index (χ4v) is 3.51. The molecule has 1 unspecified atom stereocenters. The maximum Gasteiger partial charge on any atom is 0.0417 e. The Balaban J connectivity index is 2.04. The van der Waals surface area contributed by atoms with Crippen LogP contribution in [0.25, 0.3) is 0 Å². The lowest BCUT2D eigenvalue weighted by atomic mass is 9.94. The van der Waals surface area contributed by atoms with Crippen LogP contribution in [-0.4, -0.2) is 0 Å². The first-order valence-corrected chi connectivity index (χ1v) is 7.04. The molecule has 1 aliphatic carbocycles. The van der Waals surface area contributed by atoms with Crippen molar-refractivity contribution >= 4 is 27.5 Å². The van der Waals surface area contributed by atoms with Crippen LogP contribution in [0.4, 0.5) is 0 Å². The normalized spacial score (nSPS) is 18.9. The summed E-state index contributed by atoms with van der Waals surface area (Å²) in [7, 11) is 0. The molecule has 0 aromatic heterocycles. The summed E-state index contributed by atoms with van der Waals surface area (Å²) in [5.74, 6) is 0.817. The zero-order valence-corrected chi connectivity index (χ0v) is 11.6. The molecule has 0 radical (unpaired) electrons. The molecule has 0 heterocycles. The van der Waals surface area contributed by atoms with E-state index in [4.69, 9.17) is 17.3 Å². The second-order valence-corrected chi connectivity index (χ2v) is 5.95. The third kappa shape index (κ3) is 2.99. The van der Waals surface area contributed by atoms with Gasteiger partial charge in [-0.25, -0.2) is 0 Å². The van der Waals surface area contributed by atoms with Crippen LogP contribution in [0.5, 0.6) is 0 Å². The van der Waals surface area contributed by atoms with E-state index in [0.717, 1.165) is 21.8 Å². The van der Waals surface area contributed by atoms with Crippen LogP contribution in [0.15, 0.2) is 22.7 Å². The monoisotopic (exact) mass is 301 g/mol. The van der Waals surface area contributed by atoms with Crippen molar-refractivity contribution in [2.24, 2.45) is 11.7 Å². The van der Waals surface area contributed by atoms with Gasteiger partial charge in [-0.3, -0.25) is 0 Å². The lowest BCUT2D eigenvalue weighted by Crippen LogP contribution is -2.14. The molecule has 2 N–H and O–H groups in total. The molecular weight excluding hydrogens is 286 g/mol. The summed E-state index contributed by atoms with van der Waals surface area (Å²) in [6.45, 7) is 0. The highest BCUT2D eigenvalue weighted by Crippen LogP contribution is 2.34. The summed E-state index contributed by atoms with van der Waals surface area (Å²) >= 11 is 9.45. The Bertz CT molecular complexity index is 361. The summed E-state index contributed by atoms with van der Waals surface area (Å²) in [6, 6.07) is 6.00. The fourth-order valence-electron chi connectivity index (χ4n) is 2.53. The average Bonchev–Trinajstić information content (AvgIpc) is 2.70. The van der Waals surface area contributed by atoms with E-state index in [1.165, 1.54) is 31.2 Å². The van der Waals surface area contributed by atoms with Crippen molar-refractivity contribution in [3.05, 3.63) is 33.3 Å². The van der Waals surface area contributed by atoms with E-state index in [2.05, 4.69) is 15.9 Å². The molecule has 16 heavy (non-hydrogen) atoms. The molecule has 88 valence electrons. The maximum atomic E-state index is 6.25. The van der Waals surface area contributed by atoms with Gasteiger partial charge in [-0.05, 0) is 30.0 Å². The molecular formula is C13H17BrClN. The zero-order valence-electron chi connectivity index (χ0n) is 9.26. The molecule has 1 saturated carbocycles. The Labute approximate surface area is 110 Å². The topological polar surface area (TPSA) is 26.0 Å². The minimum atomic E-state index is 0.134. The van der Waals surface area contributed by atoms with Crippen LogP contribution in [0.2, 0.25) is 5.02 Å². The van der Waals surface area contributed by atoms with Crippen LogP contribution in [0.3, 0.4) is 0 Å². The van der Waals surface area contributed by atoms with Gasteiger partial charge in [0.15, 0.2) is 0 Å². The van der Waals surface area contributed by atoms with E-state index < -0.39 is 0 Å². The first kappa shape index (κ1) is 12.4. The first-order chi connectivity index (χ1) is 7.66. The van der Waals surface area contributed by atoms with Crippen molar-refractivity contribution in [3.8, 4) is 0 Å². The van der Waals surface area contributed by atoms with Crippen LogP contribution in [0, 0.1) is 5.92 Å². The number of nitrogens with two attached hydrogens (primary N) is 1. The van der Waals surface area contributed by atoms with Crippen molar-refractivity contribution in [2.75, 3.05) is 0 Å². The van der Waals surface area contributed by atoms with E-state index >= 15 is 0 Å².